The molecule has 0 unspecified atom stereocenters. The smallest absolute Gasteiger partial charge is 0.143 e. The molecule has 0 bridgehead atoms. The molecule has 0 atom stereocenters. The zero-order chi connectivity index (χ0) is 18.1. The molecule has 0 spiro atoms. The third kappa shape index (κ3) is 6.52. The highest BCUT2D eigenvalue weighted by Gasteiger charge is 1.97. The van der Waals surface area contributed by atoms with Crippen molar-refractivity contribution in [3.05, 3.63) is 59.2 Å². The van der Waals surface area contributed by atoms with Gasteiger partial charge in [0, 0.05) is 24.0 Å². The average molecular weight is 332 g/mol. The highest BCUT2D eigenvalue weighted by molar-refractivity contribution is 6.32. The van der Waals surface area contributed by atoms with Gasteiger partial charge in [0.25, 0.3) is 0 Å². The minimum atomic E-state index is -0.209. The first-order valence-corrected chi connectivity index (χ1v) is 8.56. The van der Waals surface area contributed by atoms with Crippen LogP contribution in [0.15, 0.2) is 36.4 Å². The molecule has 0 amide bonds. The molecule has 0 aliphatic heterocycles. The first kappa shape index (κ1) is 18.9. The molecule has 0 saturated carbocycles. The van der Waals surface area contributed by atoms with Gasteiger partial charge in [-0.2, -0.15) is 0 Å². The van der Waals surface area contributed by atoms with Gasteiger partial charge in [-0.1, -0.05) is 53.2 Å². The fourth-order valence-corrected chi connectivity index (χ4v) is 2.27. The summed E-state index contributed by atoms with van der Waals surface area (Å²) in [5.74, 6) is 11.7. The predicted molar refractivity (Wildman–Crippen MR) is 106 cm³/mol. The monoisotopic (exact) mass is 332 g/mol. The van der Waals surface area contributed by atoms with Crippen molar-refractivity contribution in [1.29, 1.82) is 0 Å². The summed E-state index contributed by atoms with van der Waals surface area (Å²) in [6.07, 6.45) is 4.65. The maximum absolute atomic E-state index is 13.4. The zero-order valence-corrected chi connectivity index (χ0v) is 14.8. The van der Waals surface area contributed by atoms with Crippen molar-refractivity contribution in [2.24, 2.45) is 0 Å². The maximum atomic E-state index is 13.4. The molecular formula is C21H20B2F2. The van der Waals surface area contributed by atoms with E-state index in [1.165, 1.54) is 12.1 Å². The standard InChI is InChI=1S/C21H20B2F2/c22-18-12-10-16(14-20(18)24)8-6-4-2-1-3-5-7-9-17-11-13-19(23)21(25)15-17/h10-15H,1-5,22-23H2. The highest BCUT2D eigenvalue weighted by Crippen LogP contribution is 2.04. The summed E-state index contributed by atoms with van der Waals surface area (Å²) in [6, 6.07) is 10.1. The van der Waals surface area contributed by atoms with Crippen molar-refractivity contribution in [1.82, 2.24) is 0 Å². The maximum Gasteiger partial charge on any atom is 0.143 e. The molecule has 0 N–H and O–H groups in total. The average Bonchev–Trinajstić information content (AvgIpc) is 2.59. The van der Waals surface area contributed by atoms with Gasteiger partial charge in [0.1, 0.15) is 27.3 Å². The Balaban J connectivity index is 1.66. The zero-order valence-electron chi connectivity index (χ0n) is 14.8. The lowest BCUT2D eigenvalue weighted by Gasteiger charge is -1.96. The van der Waals surface area contributed by atoms with Gasteiger partial charge in [0.2, 0.25) is 0 Å². The van der Waals surface area contributed by atoms with E-state index in [0.29, 0.717) is 10.9 Å². The summed E-state index contributed by atoms with van der Waals surface area (Å²) in [4.78, 5) is 0. The molecule has 2 aromatic carbocycles. The Hall–Kier alpha value is -2.45. The van der Waals surface area contributed by atoms with Crippen LogP contribution in [0.25, 0.3) is 0 Å². The van der Waals surface area contributed by atoms with Gasteiger partial charge >= 0.3 is 0 Å². The molecular weight excluding hydrogens is 312 g/mol. The summed E-state index contributed by atoms with van der Waals surface area (Å²) in [5.41, 5.74) is 2.72. The highest BCUT2D eigenvalue weighted by atomic mass is 19.1. The Morgan fingerprint density at radius 1 is 0.680 bits per heavy atom. The predicted octanol–water partition coefficient (Wildman–Crippen LogP) is 1.84. The molecule has 0 heterocycles. The Morgan fingerprint density at radius 2 is 1.12 bits per heavy atom. The summed E-state index contributed by atoms with van der Waals surface area (Å²) in [6.45, 7) is 0. The van der Waals surface area contributed by atoms with Gasteiger partial charge in [-0.3, -0.25) is 0 Å². The van der Waals surface area contributed by atoms with Crippen LogP contribution >= 0.6 is 0 Å². The third-order valence-electron chi connectivity index (χ3n) is 3.91. The lowest BCUT2D eigenvalue weighted by Crippen LogP contribution is -2.07. The fourth-order valence-electron chi connectivity index (χ4n) is 2.27. The SMILES string of the molecule is Bc1ccc(C#CCCCCCC#Cc2ccc(B)c(F)c2)cc1F. The van der Waals surface area contributed by atoms with Gasteiger partial charge in [-0.05, 0) is 37.1 Å². The van der Waals surface area contributed by atoms with E-state index in [-0.39, 0.29) is 11.6 Å². The van der Waals surface area contributed by atoms with Crippen molar-refractivity contribution < 1.29 is 8.78 Å². The lowest BCUT2D eigenvalue weighted by atomic mass is 9.94. The number of hydrogen-bond donors (Lipinski definition) is 0. The molecule has 0 aliphatic carbocycles. The van der Waals surface area contributed by atoms with Gasteiger partial charge < -0.3 is 0 Å². The number of benzene rings is 2. The van der Waals surface area contributed by atoms with Gasteiger partial charge in [0.05, 0.1) is 0 Å². The molecule has 0 nitrogen and oxygen atoms in total. The van der Waals surface area contributed by atoms with Gasteiger partial charge in [-0.15, -0.1) is 0 Å². The van der Waals surface area contributed by atoms with Gasteiger partial charge in [-0.25, -0.2) is 8.78 Å². The van der Waals surface area contributed by atoms with E-state index >= 15 is 0 Å². The van der Waals surface area contributed by atoms with Crippen LogP contribution in [0.3, 0.4) is 0 Å². The Morgan fingerprint density at radius 3 is 1.52 bits per heavy atom. The minimum absolute atomic E-state index is 0.209. The molecule has 124 valence electrons. The summed E-state index contributed by atoms with van der Waals surface area (Å²) < 4.78 is 26.8. The molecule has 2 aromatic rings. The van der Waals surface area contributed by atoms with Crippen LogP contribution in [0.5, 0.6) is 0 Å². The Bertz CT molecular complexity index is 780. The van der Waals surface area contributed by atoms with Crippen LogP contribution in [0.2, 0.25) is 0 Å². The van der Waals surface area contributed by atoms with E-state index in [4.69, 9.17) is 0 Å². The summed E-state index contributed by atoms with van der Waals surface area (Å²) in [5, 5.41) is 0. The Labute approximate surface area is 150 Å². The summed E-state index contributed by atoms with van der Waals surface area (Å²) >= 11 is 0. The molecule has 0 saturated heterocycles. The van der Waals surface area contributed by atoms with E-state index in [1.807, 2.05) is 12.1 Å². The van der Waals surface area contributed by atoms with E-state index in [0.717, 1.165) is 43.2 Å². The van der Waals surface area contributed by atoms with Crippen LogP contribution in [0.4, 0.5) is 8.78 Å². The normalized spacial score (nSPS) is 9.68. The quantitative estimate of drug-likeness (QED) is 0.455. The van der Waals surface area contributed by atoms with Gasteiger partial charge in [0.15, 0.2) is 0 Å². The van der Waals surface area contributed by atoms with Crippen molar-refractivity contribution in [2.45, 2.75) is 32.1 Å². The Kier molecular flexibility index (Phi) is 7.36. The lowest BCUT2D eigenvalue weighted by molar-refractivity contribution is 0.635. The van der Waals surface area contributed by atoms with Crippen molar-refractivity contribution in [2.75, 3.05) is 0 Å². The first-order chi connectivity index (χ1) is 12.1. The molecule has 25 heavy (non-hydrogen) atoms. The largest absolute Gasteiger partial charge is 0.208 e. The molecule has 0 fully saturated rings. The number of rotatable bonds is 4. The third-order valence-corrected chi connectivity index (χ3v) is 3.91. The topological polar surface area (TPSA) is 0 Å². The molecule has 0 aromatic heterocycles. The minimum Gasteiger partial charge on any atom is -0.208 e. The van der Waals surface area contributed by atoms with E-state index < -0.39 is 0 Å². The van der Waals surface area contributed by atoms with Crippen LogP contribution < -0.4 is 10.9 Å². The van der Waals surface area contributed by atoms with Crippen LogP contribution in [0.1, 0.15) is 43.2 Å². The van der Waals surface area contributed by atoms with E-state index in [2.05, 4.69) is 23.7 Å². The van der Waals surface area contributed by atoms with Crippen LogP contribution in [-0.4, -0.2) is 15.7 Å². The molecule has 2 rings (SSSR count). The second kappa shape index (κ2) is 9.75. The fraction of sp³-hybridized carbons (Fsp3) is 0.238. The molecule has 0 aliphatic rings. The van der Waals surface area contributed by atoms with Crippen molar-refractivity contribution >= 4 is 26.6 Å². The van der Waals surface area contributed by atoms with E-state index in [1.54, 1.807) is 27.8 Å². The molecule has 0 radical (unpaired) electrons. The first-order valence-electron chi connectivity index (χ1n) is 8.56. The second-order valence-electron chi connectivity index (χ2n) is 6.09. The number of halogens is 2. The van der Waals surface area contributed by atoms with Crippen molar-refractivity contribution in [3.8, 4) is 23.7 Å². The van der Waals surface area contributed by atoms with Crippen molar-refractivity contribution in [3.63, 3.8) is 0 Å². The van der Waals surface area contributed by atoms with E-state index in [9.17, 15) is 8.78 Å². The molecule has 4 heteroatoms. The second-order valence-corrected chi connectivity index (χ2v) is 6.09. The summed E-state index contributed by atoms with van der Waals surface area (Å²) in [7, 11) is 3.48. The number of hydrogen-bond acceptors (Lipinski definition) is 0. The number of unbranched alkanes of at least 4 members (excludes halogenated alkanes) is 4. The van der Waals surface area contributed by atoms with Crippen LogP contribution in [0, 0.1) is 35.3 Å². The van der Waals surface area contributed by atoms with Crippen LogP contribution in [-0.2, 0) is 0 Å².